The third kappa shape index (κ3) is 1.91. The Morgan fingerprint density at radius 3 is 2.69 bits per heavy atom. The molecule has 1 aliphatic carbocycles. The maximum absolute atomic E-state index is 5.35. The smallest absolute Gasteiger partial charge is 0.322 e. The summed E-state index contributed by atoms with van der Waals surface area (Å²) in [5.74, 6) is 1.46. The van der Waals surface area contributed by atoms with Crippen molar-refractivity contribution in [3.05, 3.63) is 5.82 Å². The van der Waals surface area contributed by atoms with Crippen molar-refractivity contribution in [2.45, 2.75) is 31.6 Å². The molecular weight excluding hydrogens is 204 g/mol. The Balaban J connectivity index is 1.71. The van der Waals surface area contributed by atoms with Gasteiger partial charge in [-0.3, -0.25) is 0 Å². The van der Waals surface area contributed by atoms with Crippen molar-refractivity contribution in [3.63, 3.8) is 0 Å². The molecule has 1 aliphatic heterocycles. The van der Waals surface area contributed by atoms with Gasteiger partial charge >= 0.3 is 6.01 Å². The number of nitrogens with one attached hydrogen (secondary N) is 1. The van der Waals surface area contributed by atoms with E-state index in [-0.39, 0.29) is 0 Å². The van der Waals surface area contributed by atoms with Crippen molar-refractivity contribution in [3.8, 4) is 0 Å². The third-order valence-corrected chi connectivity index (χ3v) is 3.54. The van der Waals surface area contributed by atoms with Crippen LogP contribution in [0.1, 0.15) is 37.4 Å². The zero-order chi connectivity index (χ0) is 10.8. The molecule has 0 amide bonds. The standard InChI is InChI=1S/C11H18N4O/c1-2-4-9(3-1)10-13-11(16-14-10)15-7-5-12-6-8-15/h9,12H,1-8H2. The van der Waals surface area contributed by atoms with Gasteiger partial charge in [-0.05, 0) is 12.8 Å². The highest BCUT2D eigenvalue weighted by Gasteiger charge is 2.24. The van der Waals surface area contributed by atoms with Gasteiger partial charge in [0.1, 0.15) is 0 Å². The second-order valence-corrected chi connectivity index (χ2v) is 4.65. The Hall–Kier alpha value is -1.10. The fourth-order valence-corrected chi connectivity index (χ4v) is 2.56. The van der Waals surface area contributed by atoms with E-state index in [0.29, 0.717) is 11.9 Å². The van der Waals surface area contributed by atoms with Gasteiger partial charge in [-0.1, -0.05) is 18.0 Å². The lowest BCUT2D eigenvalue weighted by atomic mass is 10.1. The van der Waals surface area contributed by atoms with Gasteiger partial charge < -0.3 is 14.7 Å². The van der Waals surface area contributed by atoms with Gasteiger partial charge in [0.05, 0.1) is 0 Å². The van der Waals surface area contributed by atoms with E-state index in [0.717, 1.165) is 32.0 Å². The van der Waals surface area contributed by atoms with Crippen LogP contribution in [-0.2, 0) is 0 Å². The Labute approximate surface area is 95.2 Å². The van der Waals surface area contributed by atoms with Crippen molar-refractivity contribution < 1.29 is 4.52 Å². The van der Waals surface area contributed by atoms with Crippen LogP contribution < -0.4 is 10.2 Å². The van der Waals surface area contributed by atoms with Crippen LogP contribution in [0.2, 0.25) is 0 Å². The van der Waals surface area contributed by atoms with Crippen molar-refractivity contribution >= 4 is 6.01 Å². The first-order chi connectivity index (χ1) is 7.93. The first kappa shape index (κ1) is 10.1. The molecule has 0 radical (unpaired) electrons. The number of hydrogen-bond acceptors (Lipinski definition) is 5. The number of aromatic nitrogens is 2. The van der Waals surface area contributed by atoms with Crippen LogP contribution in [0.5, 0.6) is 0 Å². The summed E-state index contributed by atoms with van der Waals surface area (Å²) in [7, 11) is 0. The van der Waals surface area contributed by atoms with Crippen LogP contribution in [0, 0.1) is 0 Å². The normalized spacial score (nSPS) is 22.9. The average Bonchev–Trinajstić information content (AvgIpc) is 3.01. The van der Waals surface area contributed by atoms with Gasteiger partial charge in [-0.15, -0.1) is 0 Å². The zero-order valence-electron chi connectivity index (χ0n) is 9.48. The highest BCUT2D eigenvalue weighted by atomic mass is 16.5. The maximum Gasteiger partial charge on any atom is 0.324 e. The molecule has 5 heteroatoms. The molecule has 2 heterocycles. The van der Waals surface area contributed by atoms with Crippen LogP contribution in [0.3, 0.4) is 0 Å². The van der Waals surface area contributed by atoms with Gasteiger partial charge in [0.15, 0.2) is 5.82 Å². The molecular formula is C11H18N4O. The minimum Gasteiger partial charge on any atom is -0.322 e. The molecule has 0 aromatic carbocycles. The molecule has 1 saturated carbocycles. The average molecular weight is 222 g/mol. The van der Waals surface area contributed by atoms with Gasteiger partial charge in [0, 0.05) is 32.1 Å². The van der Waals surface area contributed by atoms with E-state index in [4.69, 9.17) is 4.52 Å². The molecule has 2 fully saturated rings. The Morgan fingerprint density at radius 2 is 1.94 bits per heavy atom. The summed E-state index contributed by atoms with van der Waals surface area (Å²) in [6.07, 6.45) is 5.06. The van der Waals surface area contributed by atoms with Crippen LogP contribution in [0.4, 0.5) is 6.01 Å². The number of hydrogen-bond donors (Lipinski definition) is 1. The Kier molecular flexibility index (Phi) is 2.78. The van der Waals surface area contributed by atoms with E-state index < -0.39 is 0 Å². The molecule has 1 N–H and O–H groups in total. The molecule has 1 aromatic rings. The SMILES string of the molecule is C1CCC(c2noc(N3CCNCC3)n2)C1. The minimum atomic E-state index is 0.542. The second kappa shape index (κ2) is 4.41. The summed E-state index contributed by atoms with van der Waals surface area (Å²) in [4.78, 5) is 6.70. The van der Waals surface area contributed by atoms with Gasteiger partial charge in [-0.25, -0.2) is 0 Å². The molecule has 1 aromatic heterocycles. The Bertz CT molecular complexity index is 340. The largest absolute Gasteiger partial charge is 0.324 e. The topological polar surface area (TPSA) is 54.2 Å². The fraction of sp³-hybridized carbons (Fsp3) is 0.818. The third-order valence-electron chi connectivity index (χ3n) is 3.54. The predicted octanol–water partition coefficient (Wildman–Crippen LogP) is 1.14. The highest BCUT2D eigenvalue weighted by molar-refractivity contribution is 5.26. The van der Waals surface area contributed by atoms with Crippen molar-refractivity contribution in [1.82, 2.24) is 15.5 Å². The van der Waals surface area contributed by atoms with Crippen LogP contribution in [-0.4, -0.2) is 36.3 Å². The van der Waals surface area contributed by atoms with E-state index in [2.05, 4.69) is 20.4 Å². The first-order valence-corrected chi connectivity index (χ1v) is 6.23. The monoisotopic (exact) mass is 222 g/mol. The number of nitrogens with zero attached hydrogens (tertiary/aromatic N) is 3. The highest BCUT2D eigenvalue weighted by Crippen LogP contribution is 2.33. The van der Waals surface area contributed by atoms with Gasteiger partial charge in [0.25, 0.3) is 0 Å². The summed E-state index contributed by atoms with van der Waals surface area (Å²) < 4.78 is 5.35. The number of anilines is 1. The van der Waals surface area contributed by atoms with Crippen molar-refractivity contribution in [2.24, 2.45) is 0 Å². The summed E-state index contributed by atoms with van der Waals surface area (Å²) >= 11 is 0. The fourth-order valence-electron chi connectivity index (χ4n) is 2.56. The van der Waals surface area contributed by atoms with E-state index in [9.17, 15) is 0 Å². The molecule has 0 unspecified atom stereocenters. The second-order valence-electron chi connectivity index (χ2n) is 4.65. The quantitative estimate of drug-likeness (QED) is 0.813. The summed E-state index contributed by atoms with van der Waals surface area (Å²) in [5, 5.41) is 7.44. The van der Waals surface area contributed by atoms with Crippen molar-refractivity contribution in [1.29, 1.82) is 0 Å². The summed E-state index contributed by atoms with van der Waals surface area (Å²) in [6, 6.07) is 0.711. The minimum absolute atomic E-state index is 0.542. The van der Waals surface area contributed by atoms with E-state index >= 15 is 0 Å². The lowest BCUT2D eigenvalue weighted by Crippen LogP contribution is -2.43. The van der Waals surface area contributed by atoms with Crippen molar-refractivity contribution in [2.75, 3.05) is 31.1 Å². The van der Waals surface area contributed by atoms with Gasteiger partial charge in [0.2, 0.25) is 0 Å². The predicted molar refractivity (Wildman–Crippen MR) is 60.6 cm³/mol. The lowest BCUT2D eigenvalue weighted by molar-refractivity contribution is 0.394. The molecule has 5 nitrogen and oxygen atoms in total. The summed E-state index contributed by atoms with van der Waals surface area (Å²) in [6.45, 7) is 3.93. The number of piperazine rings is 1. The summed E-state index contributed by atoms with van der Waals surface area (Å²) in [5.41, 5.74) is 0. The molecule has 1 saturated heterocycles. The van der Waals surface area contributed by atoms with E-state index in [1.54, 1.807) is 0 Å². The molecule has 3 rings (SSSR count). The maximum atomic E-state index is 5.35. The van der Waals surface area contributed by atoms with E-state index in [1.807, 2.05) is 0 Å². The number of rotatable bonds is 2. The Morgan fingerprint density at radius 1 is 1.19 bits per heavy atom. The first-order valence-electron chi connectivity index (χ1n) is 6.23. The van der Waals surface area contributed by atoms with E-state index in [1.165, 1.54) is 25.7 Å². The molecule has 0 spiro atoms. The van der Waals surface area contributed by atoms with Crippen LogP contribution in [0.25, 0.3) is 0 Å². The van der Waals surface area contributed by atoms with Crippen LogP contribution >= 0.6 is 0 Å². The molecule has 0 bridgehead atoms. The molecule has 2 aliphatic rings. The lowest BCUT2D eigenvalue weighted by Gasteiger charge is -2.24. The molecule has 16 heavy (non-hydrogen) atoms. The van der Waals surface area contributed by atoms with Gasteiger partial charge in [-0.2, -0.15) is 4.98 Å². The molecule has 0 atom stereocenters. The zero-order valence-corrected chi connectivity index (χ0v) is 9.48. The van der Waals surface area contributed by atoms with Crippen LogP contribution in [0.15, 0.2) is 4.52 Å². The molecule has 88 valence electrons.